The van der Waals surface area contributed by atoms with Gasteiger partial charge in [-0.25, -0.2) is 0 Å². The first-order chi connectivity index (χ1) is 9.65. The summed E-state index contributed by atoms with van der Waals surface area (Å²) in [6, 6.07) is 12.1. The Morgan fingerprint density at radius 3 is 2.30 bits per heavy atom. The van der Waals surface area contributed by atoms with Gasteiger partial charge in [-0.15, -0.1) is 11.6 Å². The molecule has 0 N–H and O–H groups in total. The van der Waals surface area contributed by atoms with Crippen molar-refractivity contribution in [3.05, 3.63) is 55.6 Å². The highest BCUT2D eigenvalue weighted by molar-refractivity contribution is 14.1. The van der Waals surface area contributed by atoms with Crippen LogP contribution >= 0.6 is 50.1 Å². The van der Waals surface area contributed by atoms with E-state index >= 15 is 0 Å². The van der Waals surface area contributed by atoms with Crippen molar-refractivity contribution in [1.29, 1.82) is 0 Å². The van der Waals surface area contributed by atoms with E-state index in [4.69, 9.17) is 21.1 Å². The number of hydrogen-bond acceptors (Lipinski definition) is 2. The number of hydrogen-bond donors (Lipinski definition) is 0. The van der Waals surface area contributed by atoms with Gasteiger partial charge in [0.25, 0.3) is 0 Å². The Hall–Kier alpha value is -0.460. The van der Waals surface area contributed by atoms with Gasteiger partial charge in [0.2, 0.25) is 0 Å². The molecule has 0 bridgehead atoms. The van der Waals surface area contributed by atoms with Crippen LogP contribution in [0.2, 0.25) is 0 Å². The summed E-state index contributed by atoms with van der Waals surface area (Å²) in [6.45, 7) is 1.16. The molecular weight excluding hydrogens is 454 g/mol. The number of rotatable bonds is 2. The number of ether oxygens (including phenoxy) is 2. The SMILES string of the molecule is ClC(c1ccc(I)cc1)c1cc2c(cc1Br)OCCO2. The fraction of sp³-hybridized carbons (Fsp3) is 0.200. The zero-order chi connectivity index (χ0) is 14.1. The van der Waals surface area contributed by atoms with E-state index in [1.807, 2.05) is 24.3 Å². The third-order valence-corrected chi connectivity index (χ3v) is 4.99. The van der Waals surface area contributed by atoms with Crippen molar-refractivity contribution in [2.24, 2.45) is 0 Å². The van der Waals surface area contributed by atoms with E-state index in [-0.39, 0.29) is 5.38 Å². The lowest BCUT2D eigenvalue weighted by molar-refractivity contribution is 0.171. The zero-order valence-corrected chi connectivity index (χ0v) is 14.9. The average Bonchev–Trinajstić information content (AvgIpc) is 2.46. The second-order valence-electron chi connectivity index (χ2n) is 4.43. The summed E-state index contributed by atoms with van der Waals surface area (Å²) in [7, 11) is 0. The van der Waals surface area contributed by atoms with Crippen LogP contribution in [-0.2, 0) is 0 Å². The number of fused-ring (bicyclic) bond motifs is 1. The predicted octanol–water partition coefficient (Wildman–Crippen LogP) is 5.15. The maximum Gasteiger partial charge on any atom is 0.162 e. The van der Waals surface area contributed by atoms with Crippen molar-refractivity contribution in [2.75, 3.05) is 13.2 Å². The van der Waals surface area contributed by atoms with Crippen LogP contribution in [0.15, 0.2) is 40.9 Å². The molecule has 1 atom stereocenters. The van der Waals surface area contributed by atoms with Gasteiger partial charge in [0.05, 0.1) is 5.38 Å². The molecule has 2 aromatic carbocycles. The molecule has 0 saturated heterocycles. The van der Waals surface area contributed by atoms with Crippen LogP contribution in [0.3, 0.4) is 0 Å². The lowest BCUT2D eigenvalue weighted by Crippen LogP contribution is -2.15. The minimum atomic E-state index is -0.225. The van der Waals surface area contributed by atoms with Crippen molar-refractivity contribution in [3.63, 3.8) is 0 Å². The zero-order valence-electron chi connectivity index (χ0n) is 10.4. The fourth-order valence-electron chi connectivity index (χ4n) is 2.09. The fourth-order valence-corrected chi connectivity index (χ4v) is 3.45. The maximum absolute atomic E-state index is 6.60. The number of halogens is 3. The van der Waals surface area contributed by atoms with Crippen molar-refractivity contribution in [1.82, 2.24) is 0 Å². The Kier molecular flexibility index (Phi) is 4.43. The van der Waals surface area contributed by atoms with E-state index in [0.29, 0.717) is 13.2 Å². The Morgan fingerprint density at radius 2 is 1.65 bits per heavy atom. The minimum Gasteiger partial charge on any atom is -0.486 e. The van der Waals surface area contributed by atoms with Gasteiger partial charge in [-0.1, -0.05) is 28.1 Å². The van der Waals surface area contributed by atoms with Crippen LogP contribution in [0, 0.1) is 3.57 Å². The quantitative estimate of drug-likeness (QED) is 0.451. The van der Waals surface area contributed by atoms with Gasteiger partial charge in [0.1, 0.15) is 13.2 Å². The Labute approximate surface area is 144 Å². The molecule has 2 aromatic rings. The smallest absolute Gasteiger partial charge is 0.162 e. The van der Waals surface area contributed by atoms with Crippen LogP contribution in [-0.4, -0.2) is 13.2 Å². The van der Waals surface area contributed by atoms with Crippen LogP contribution in [0.5, 0.6) is 11.5 Å². The second kappa shape index (κ2) is 6.12. The van der Waals surface area contributed by atoms with E-state index in [2.05, 4.69) is 50.7 Å². The van der Waals surface area contributed by atoms with Crippen LogP contribution in [0.1, 0.15) is 16.5 Å². The summed E-state index contributed by atoms with van der Waals surface area (Å²) in [5.41, 5.74) is 2.04. The molecule has 0 amide bonds. The van der Waals surface area contributed by atoms with Gasteiger partial charge in [0.15, 0.2) is 11.5 Å². The van der Waals surface area contributed by atoms with E-state index in [0.717, 1.165) is 27.1 Å². The molecule has 104 valence electrons. The van der Waals surface area contributed by atoms with Crippen molar-refractivity contribution < 1.29 is 9.47 Å². The normalized spacial score (nSPS) is 14.9. The van der Waals surface area contributed by atoms with Gasteiger partial charge in [-0.3, -0.25) is 0 Å². The first-order valence-electron chi connectivity index (χ1n) is 6.14. The summed E-state index contributed by atoms with van der Waals surface area (Å²) >= 11 is 12.4. The van der Waals surface area contributed by atoms with E-state index in [1.54, 1.807) is 0 Å². The first-order valence-corrected chi connectivity index (χ1v) is 8.44. The average molecular weight is 466 g/mol. The van der Waals surface area contributed by atoms with Crippen molar-refractivity contribution >= 4 is 50.1 Å². The summed E-state index contributed by atoms with van der Waals surface area (Å²) < 4.78 is 13.3. The van der Waals surface area contributed by atoms with E-state index < -0.39 is 0 Å². The highest BCUT2D eigenvalue weighted by Gasteiger charge is 2.20. The van der Waals surface area contributed by atoms with Crippen LogP contribution in [0.25, 0.3) is 0 Å². The third-order valence-electron chi connectivity index (χ3n) is 3.10. The Morgan fingerprint density at radius 1 is 1.05 bits per heavy atom. The standard InChI is InChI=1S/C15H11BrClIO2/c16-12-8-14-13(19-5-6-20-14)7-11(12)15(17)9-1-3-10(18)4-2-9/h1-4,7-8,15H,5-6H2. The topological polar surface area (TPSA) is 18.5 Å². The first kappa shape index (κ1) is 14.5. The third kappa shape index (κ3) is 2.92. The lowest BCUT2D eigenvalue weighted by atomic mass is 10.0. The molecular formula is C15H11BrClIO2. The summed E-state index contributed by atoms with van der Waals surface area (Å²) in [5, 5.41) is -0.225. The predicted molar refractivity (Wildman–Crippen MR) is 92.0 cm³/mol. The molecule has 2 nitrogen and oxygen atoms in total. The number of alkyl halides is 1. The molecule has 3 rings (SSSR count). The minimum absolute atomic E-state index is 0.225. The Bertz CT molecular complexity index is 631. The van der Waals surface area contributed by atoms with Crippen LogP contribution in [0.4, 0.5) is 0 Å². The highest BCUT2D eigenvalue weighted by atomic mass is 127. The second-order valence-corrected chi connectivity index (χ2v) is 6.97. The largest absolute Gasteiger partial charge is 0.486 e. The molecule has 1 heterocycles. The summed E-state index contributed by atoms with van der Waals surface area (Å²) in [4.78, 5) is 0. The van der Waals surface area contributed by atoms with E-state index in [1.165, 1.54) is 3.57 Å². The summed E-state index contributed by atoms with van der Waals surface area (Å²) in [5.74, 6) is 1.52. The highest BCUT2D eigenvalue weighted by Crippen LogP contribution is 2.41. The van der Waals surface area contributed by atoms with Crippen molar-refractivity contribution in [2.45, 2.75) is 5.38 Å². The van der Waals surface area contributed by atoms with Gasteiger partial charge in [0, 0.05) is 8.04 Å². The molecule has 0 spiro atoms. The molecule has 20 heavy (non-hydrogen) atoms. The molecule has 1 unspecified atom stereocenters. The van der Waals surface area contributed by atoms with Gasteiger partial charge >= 0.3 is 0 Å². The molecule has 0 fully saturated rings. The maximum atomic E-state index is 6.60. The molecule has 5 heteroatoms. The van der Waals surface area contributed by atoms with Gasteiger partial charge < -0.3 is 9.47 Å². The van der Waals surface area contributed by atoms with E-state index in [9.17, 15) is 0 Å². The Balaban J connectivity index is 1.98. The molecule has 1 aliphatic rings. The summed E-state index contributed by atoms with van der Waals surface area (Å²) in [6.07, 6.45) is 0. The van der Waals surface area contributed by atoms with Crippen LogP contribution < -0.4 is 9.47 Å². The van der Waals surface area contributed by atoms with Gasteiger partial charge in [-0.05, 0) is 58.0 Å². The van der Waals surface area contributed by atoms with Crippen molar-refractivity contribution in [3.8, 4) is 11.5 Å². The lowest BCUT2D eigenvalue weighted by Gasteiger charge is -2.21. The van der Waals surface area contributed by atoms with Gasteiger partial charge in [-0.2, -0.15) is 0 Å². The monoisotopic (exact) mass is 464 g/mol. The molecule has 0 radical (unpaired) electrons. The molecule has 0 aromatic heterocycles. The number of benzene rings is 2. The molecule has 1 aliphatic heterocycles. The molecule has 0 saturated carbocycles. The molecule has 0 aliphatic carbocycles.